The summed E-state index contributed by atoms with van der Waals surface area (Å²) in [6, 6.07) is -0.496. The number of esters is 1. The first-order valence-electron chi connectivity index (χ1n) is 18.4. The smallest absolute Gasteiger partial charge is 0.445 e. The standard InChI is InChI=1S/C33H10F41N3O5/c1-7-3-9(75-4-78)11(10(12(7)76-5-79)13(81)77-6-82-8(2)80)14(34,35)15(36,37)16(38,39)17(40,41)18(42,43)19(44,45)20(46,47)21(48,49)22(50,51)23(52,53)24(54,55)25(56,57)26(58,59)27(60,61)28(62,63)29(64,65)30(66,67)31(68,69)32(70,71)33(72,73)74/h3H,6H2,1-2H3,(H,77,81). The van der Waals surface area contributed by atoms with Crippen LogP contribution in [0.5, 0.6) is 0 Å². The summed E-state index contributed by atoms with van der Waals surface area (Å²) in [4.78, 5) is 50.0. The number of alkyl halides is 41. The number of amides is 1. The molecule has 1 N–H and O–H groups in total. The Labute approximate surface area is 417 Å². The molecule has 0 saturated heterocycles. The van der Waals surface area contributed by atoms with Crippen molar-refractivity contribution in [3.05, 3.63) is 22.8 Å². The molecule has 1 aromatic carbocycles. The van der Waals surface area contributed by atoms with Gasteiger partial charge in [0.1, 0.15) is 0 Å². The van der Waals surface area contributed by atoms with Crippen molar-refractivity contribution in [3.63, 3.8) is 0 Å². The average molecular weight is 1310 g/mol. The van der Waals surface area contributed by atoms with E-state index >= 15 is 26.3 Å². The van der Waals surface area contributed by atoms with Gasteiger partial charge in [-0.1, -0.05) is 0 Å². The number of benzene rings is 1. The molecule has 0 spiro atoms. The van der Waals surface area contributed by atoms with Gasteiger partial charge in [-0.05, 0) is 18.6 Å². The summed E-state index contributed by atoms with van der Waals surface area (Å²) in [5, 5.41) is 0.988. The van der Waals surface area contributed by atoms with Crippen molar-refractivity contribution >= 4 is 35.4 Å². The number of halogens is 41. The fraction of sp³-hybridized carbons (Fsp3) is 0.697. The lowest BCUT2D eigenvalue weighted by Gasteiger charge is -2.47. The van der Waals surface area contributed by atoms with Gasteiger partial charge in [-0.3, -0.25) is 9.59 Å². The highest BCUT2D eigenvalue weighted by atomic mass is 19.4. The minimum atomic E-state index is -10.8. The fourth-order valence-electron chi connectivity index (χ4n) is 5.63. The molecule has 0 unspecified atom stereocenters. The van der Waals surface area contributed by atoms with Crippen LogP contribution in [0.15, 0.2) is 16.1 Å². The first kappa shape index (κ1) is 74.1. The minimum absolute atomic E-state index is 0.0273. The molecule has 0 radical (unpaired) electrons. The summed E-state index contributed by atoms with van der Waals surface area (Å²) in [5.41, 5.74) is -12.6. The molecule has 0 fully saturated rings. The maximum absolute atomic E-state index is 15.8. The zero-order chi connectivity index (χ0) is 66.7. The van der Waals surface area contributed by atoms with Crippen molar-refractivity contribution in [1.29, 1.82) is 0 Å². The van der Waals surface area contributed by atoms with Crippen LogP contribution in [0.4, 0.5) is 191 Å². The van der Waals surface area contributed by atoms with E-state index in [1.165, 1.54) is 0 Å². The van der Waals surface area contributed by atoms with Gasteiger partial charge in [0, 0.05) is 6.92 Å². The third kappa shape index (κ3) is 9.22. The van der Waals surface area contributed by atoms with Crippen LogP contribution >= 0.6 is 0 Å². The predicted octanol–water partition coefficient (Wildman–Crippen LogP) is 14.3. The zero-order valence-corrected chi connectivity index (χ0v) is 36.7. The molecule has 0 aliphatic heterocycles. The number of aliphatic imine (C=N–C) groups is 2. The second kappa shape index (κ2) is 20.1. The molecule has 0 saturated carbocycles. The molecule has 0 bridgehead atoms. The van der Waals surface area contributed by atoms with Crippen LogP contribution in [0.3, 0.4) is 0 Å². The number of aryl methyl sites for hydroxylation is 1. The Morgan fingerprint density at radius 2 is 0.634 bits per heavy atom. The van der Waals surface area contributed by atoms with E-state index in [0.717, 1.165) is 5.32 Å². The Morgan fingerprint density at radius 3 is 0.854 bits per heavy atom. The van der Waals surface area contributed by atoms with Gasteiger partial charge in [-0.15, -0.1) is 0 Å². The number of rotatable bonds is 24. The van der Waals surface area contributed by atoms with E-state index in [4.69, 9.17) is 0 Å². The van der Waals surface area contributed by atoms with E-state index in [1.807, 2.05) is 0 Å². The van der Waals surface area contributed by atoms with Crippen molar-refractivity contribution in [2.24, 2.45) is 9.98 Å². The fourth-order valence-corrected chi connectivity index (χ4v) is 5.63. The third-order valence-electron chi connectivity index (χ3n) is 10.3. The zero-order valence-electron chi connectivity index (χ0n) is 36.7. The number of carbonyl (C=O) groups excluding carboxylic acids is 4. The van der Waals surface area contributed by atoms with Crippen LogP contribution in [-0.4, -0.2) is 144 Å². The molecule has 0 aliphatic carbocycles. The summed E-state index contributed by atoms with van der Waals surface area (Å²) < 4.78 is 586. The molecule has 1 rings (SSSR count). The Hall–Kier alpha value is -5.95. The van der Waals surface area contributed by atoms with Gasteiger partial charge in [-0.25, -0.2) is 9.59 Å². The van der Waals surface area contributed by atoms with Crippen molar-refractivity contribution in [2.75, 3.05) is 6.73 Å². The van der Waals surface area contributed by atoms with E-state index in [-0.39, 0.29) is 12.2 Å². The van der Waals surface area contributed by atoms with Crippen molar-refractivity contribution < 1.29 is 204 Å². The molecule has 474 valence electrons. The van der Waals surface area contributed by atoms with Gasteiger partial charge in [0.2, 0.25) is 12.2 Å². The number of hydrogen-bond acceptors (Lipinski definition) is 7. The van der Waals surface area contributed by atoms with Gasteiger partial charge in [0.25, 0.3) is 5.91 Å². The van der Waals surface area contributed by atoms with Crippen molar-refractivity contribution in [2.45, 2.75) is 133 Å². The molecule has 49 heteroatoms. The lowest BCUT2D eigenvalue weighted by Crippen LogP contribution is -2.80. The van der Waals surface area contributed by atoms with Crippen LogP contribution in [-0.2, 0) is 25.0 Å². The molecule has 82 heavy (non-hydrogen) atoms. The number of hydrogen-bond donors (Lipinski definition) is 1. The van der Waals surface area contributed by atoms with Gasteiger partial charge in [-0.2, -0.15) is 190 Å². The van der Waals surface area contributed by atoms with E-state index in [2.05, 4.69) is 14.7 Å². The highest BCUT2D eigenvalue weighted by Gasteiger charge is 3.03. The van der Waals surface area contributed by atoms with Crippen LogP contribution < -0.4 is 5.32 Å². The maximum atomic E-state index is 15.8. The lowest BCUT2D eigenvalue weighted by atomic mass is 9.81. The number of isocyanates is 2. The normalized spacial score (nSPS) is 15.6. The number of nitrogens with zero attached hydrogens (tertiary/aromatic N) is 2. The van der Waals surface area contributed by atoms with Crippen molar-refractivity contribution in [1.82, 2.24) is 5.32 Å². The predicted molar refractivity (Wildman–Crippen MR) is 170 cm³/mol. The van der Waals surface area contributed by atoms with E-state index in [1.54, 1.807) is 0 Å². The molecule has 1 aromatic rings. The highest BCUT2D eigenvalue weighted by molar-refractivity contribution is 6.03. The Bertz CT molecular complexity index is 2710. The van der Waals surface area contributed by atoms with E-state index in [9.17, 15) is 173 Å². The summed E-state index contributed by atoms with van der Waals surface area (Å²) >= 11 is 0. The maximum Gasteiger partial charge on any atom is 0.460 e. The van der Waals surface area contributed by atoms with Gasteiger partial charge in [0.05, 0.1) is 22.5 Å². The number of nitrogens with one attached hydrogen (secondary N) is 1. The quantitative estimate of drug-likeness (QED) is 0.0364. The highest BCUT2D eigenvalue weighted by Crippen LogP contribution is 2.72. The first-order valence-corrected chi connectivity index (χ1v) is 18.4. The Balaban J connectivity index is 4.37. The molecule has 1 amide bonds. The number of ether oxygens (including phenoxy) is 1. The van der Waals surface area contributed by atoms with E-state index < -0.39 is 171 Å². The molecule has 0 atom stereocenters. The monoisotopic (exact) mass is 1310 g/mol. The first-order chi connectivity index (χ1) is 35.4. The topological polar surface area (TPSA) is 114 Å². The molecule has 0 aliphatic rings. The van der Waals surface area contributed by atoms with Crippen LogP contribution in [0, 0.1) is 6.92 Å². The van der Waals surface area contributed by atoms with E-state index in [0.29, 0.717) is 13.8 Å². The molecular weight excluding hydrogens is 1300 g/mol. The minimum Gasteiger partial charge on any atom is -0.445 e. The van der Waals surface area contributed by atoms with Gasteiger partial charge < -0.3 is 10.1 Å². The largest absolute Gasteiger partial charge is 0.460 e. The Kier molecular flexibility index (Phi) is 18.2. The Morgan fingerprint density at radius 1 is 0.402 bits per heavy atom. The second-order valence-corrected chi connectivity index (χ2v) is 15.4. The van der Waals surface area contributed by atoms with Crippen LogP contribution in [0.25, 0.3) is 0 Å². The molecular formula is C33H10F41N3O5. The SMILES string of the molecule is CC(=O)OCNC(=O)c1c(N=C=O)c(C)cc(N=C=O)c1C(F)(F)C(F)(F)C(F)(F)C(F)(F)C(F)(F)C(F)(F)C(F)(F)C(F)(F)C(F)(F)C(F)(F)C(F)(F)C(F)(F)C(F)(F)C(F)(F)C(F)(F)C(F)(F)C(F)(F)C(F)(F)C(F)(F)C(F)(F)F. The summed E-state index contributed by atoms with van der Waals surface area (Å²) in [5.74, 6) is -197. The lowest BCUT2D eigenvalue weighted by molar-refractivity contribution is -0.495. The van der Waals surface area contributed by atoms with Crippen LogP contribution in [0.1, 0.15) is 28.4 Å². The van der Waals surface area contributed by atoms with Crippen LogP contribution in [0.2, 0.25) is 0 Å². The third-order valence-corrected chi connectivity index (χ3v) is 10.3. The van der Waals surface area contributed by atoms with Gasteiger partial charge >= 0.3 is 125 Å². The average Bonchev–Trinajstić information content (AvgIpc) is 3.27. The van der Waals surface area contributed by atoms with Gasteiger partial charge in [0.15, 0.2) is 6.73 Å². The number of carbonyl (C=O) groups is 2. The molecule has 0 heterocycles. The summed E-state index contributed by atoms with van der Waals surface area (Å²) in [6.45, 7) is -1.10. The molecule has 8 nitrogen and oxygen atoms in total. The summed E-state index contributed by atoms with van der Waals surface area (Å²) in [7, 11) is 0. The summed E-state index contributed by atoms with van der Waals surface area (Å²) in [6.07, 6.45) is -8.29. The molecule has 0 aromatic heterocycles. The second-order valence-electron chi connectivity index (χ2n) is 15.4. The van der Waals surface area contributed by atoms with Crippen molar-refractivity contribution in [3.8, 4) is 0 Å².